The zero-order chi connectivity index (χ0) is 14.2. The summed E-state index contributed by atoms with van der Waals surface area (Å²) in [6.07, 6.45) is 0. The molecule has 0 bridgehead atoms. The van der Waals surface area contributed by atoms with Gasteiger partial charge >= 0.3 is 5.69 Å². The van der Waals surface area contributed by atoms with Crippen molar-refractivity contribution in [2.45, 2.75) is 20.8 Å². The smallest absolute Gasteiger partial charge is 0.303 e. The lowest BCUT2D eigenvalue weighted by molar-refractivity contribution is -0.384. The number of aromatic nitrogens is 4. The van der Waals surface area contributed by atoms with Crippen molar-refractivity contribution in [1.29, 1.82) is 0 Å². The van der Waals surface area contributed by atoms with E-state index in [1.165, 1.54) is 4.68 Å². The van der Waals surface area contributed by atoms with E-state index >= 15 is 0 Å². The van der Waals surface area contributed by atoms with Crippen LogP contribution >= 0.6 is 0 Å². The average molecular weight is 262 g/mol. The lowest BCUT2D eigenvalue weighted by Crippen LogP contribution is -2.05. The van der Waals surface area contributed by atoms with E-state index in [9.17, 15) is 10.1 Å². The summed E-state index contributed by atoms with van der Waals surface area (Å²) < 4.78 is 1.41. The van der Waals surface area contributed by atoms with Gasteiger partial charge in [0.1, 0.15) is 5.69 Å². The van der Waals surface area contributed by atoms with Crippen molar-refractivity contribution in [2.75, 3.05) is 5.32 Å². The molecule has 2 aromatic rings. The molecular weight excluding hydrogens is 248 g/mol. The van der Waals surface area contributed by atoms with E-state index in [2.05, 4.69) is 20.4 Å². The summed E-state index contributed by atoms with van der Waals surface area (Å²) in [5.41, 5.74) is 1.86. The van der Waals surface area contributed by atoms with Crippen LogP contribution in [0.15, 0.2) is 6.07 Å². The van der Waals surface area contributed by atoms with Crippen LogP contribution in [0, 0.1) is 30.9 Å². The van der Waals surface area contributed by atoms with Crippen molar-refractivity contribution < 1.29 is 4.92 Å². The Morgan fingerprint density at radius 2 is 1.84 bits per heavy atom. The lowest BCUT2D eigenvalue weighted by atomic mass is 10.3. The average Bonchev–Trinajstić information content (AvgIpc) is 2.52. The maximum atomic E-state index is 11.1. The highest BCUT2D eigenvalue weighted by molar-refractivity contribution is 5.64. The van der Waals surface area contributed by atoms with Gasteiger partial charge in [0.15, 0.2) is 0 Å². The predicted molar refractivity (Wildman–Crippen MR) is 69.4 cm³/mol. The molecule has 8 nitrogen and oxygen atoms in total. The lowest BCUT2D eigenvalue weighted by Gasteiger charge is -2.06. The first kappa shape index (κ1) is 12.9. The van der Waals surface area contributed by atoms with Gasteiger partial charge in [0, 0.05) is 18.4 Å². The Morgan fingerprint density at radius 1 is 1.26 bits per heavy atom. The van der Waals surface area contributed by atoms with Crippen LogP contribution in [0.2, 0.25) is 0 Å². The van der Waals surface area contributed by atoms with Crippen LogP contribution in [0.25, 0.3) is 0 Å². The molecule has 0 fully saturated rings. The fraction of sp³-hybridized carbons (Fsp3) is 0.364. The van der Waals surface area contributed by atoms with Crippen molar-refractivity contribution in [1.82, 2.24) is 19.7 Å². The van der Waals surface area contributed by atoms with E-state index in [1.807, 2.05) is 19.9 Å². The molecule has 0 aliphatic heterocycles. The fourth-order valence-electron chi connectivity index (χ4n) is 1.89. The van der Waals surface area contributed by atoms with Gasteiger partial charge in [0.25, 0.3) is 0 Å². The monoisotopic (exact) mass is 262 g/mol. The molecule has 0 aromatic carbocycles. The van der Waals surface area contributed by atoms with Gasteiger partial charge < -0.3 is 5.32 Å². The Labute approximate surface area is 109 Å². The Bertz CT molecular complexity index is 629. The third kappa shape index (κ3) is 2.51. The van der Waals surface area contributed by atoms with Crippen LogP contribution < -0.4 is 5.32 Å². The second kappa shape index (κ2) is 4.63. The molecule has 19 heavy (non-hydrogen) atoms. The van der Waals surface area contributed by atoms with Crippen LogP contribution in [0.1, 0.15) is 17.1 Å². The highest BCUT2D eigenvalue weighted by atomic mass is 16.6. The second-order valence-corrected chi connectivity index (χ2v) is 4.26. The maximum Gasteiger partial charge on any atom is 0.334 e. The number of rotatable bonds is 3. The van der Waals surface area contributed by atoms with Crippen LogP contribution in [-0.4, -0.2) is 24.7 Å². The molecule has 2 aromatic heterocycles. The molecule has 0 amide bonds. The number of nitrogens with zero attached hydrogens (tertiary/aromatic N) is 5. The summed E-state index contributed by atoms with van der Waals surface area (Å²) in [4.78, 5) is 19.0. The number of anilines is 2. The molecule has 2 heterocycles. The molecule has 0 saturated carbocycles. The molecular formula is C11H14N6O2. The van der Waals surface area contributed by atoms with Gasteiger partial charge in [-0.25, -0.2) is 14.6 Å². The van der Waals surface area contributed by atoms with Crippen LogP contribution in [0.4, 0.5) is 17.5 Å². The van der Waals surface area contributed by atoms with Crippen molar-refractivity contribution in [3.05, 3.63) is 33.3 Å². The van der Waals surface area contributed by atoms with Crippen molar-refractivity contribution >= 4 is 17.5 Å². The summed E-state index contributed by atoms with van der Waals surface area (Å²) >= 11 is 0. The molecule has 2 rings (SSSR count). The topological polar surface area (TPSA) is 98.8 Å². The molecule has 0 saturated heterocycles. The molecule has 100 valence electrons. The molecule has 0 aliphatic carbocycles. The van der Waals surface area contributed by atoms with Crippen LogP contribution in [0.3, 0.4) is 0 Å². The summed E-state index contributed by atoms with van der Waals surface area (Å²) in [5.74, 6) is 0.594. The van der Waals surface area contributed by atoms with E-state index in [4.69, 9.17) is 0 Å². The third-order valence-corrected chi connectivity index (χ3v) is 2.59. The maximum absolute atomic E-state index is 11.1. The van der Waals surface area contributed by atoms with E-state index in [1.54, 1.807) is 14.0 Å². The Kier molecular flexibility index (Phi) is 3.16. The first-order valence-corrected chi connectivity index (χ1v) is 5.65. The van der Waals surface area contributed by atoms with Crippen LogP contribution in [0.5, 0.6) is 0 Å². The first-order chi connectivity index (χ1) is 8.88. The standard InChI is InChI=1S/C11H14N6O2/c1-6-5-7(2)13-11(12-6)14-10-9(17(18)19)8(3)15-16(10)4/h5H,1-4H3,(H,12,13,14). The van der Waals surface area contributed by atoms with E-state index in [-0.39, 0.29) is 11.5 Å². The van der Waals surface area contributed by atoms with E-state index in [0.29, 0.717) is 11.6 Å². The predicted octanol–water partition coefficient (Wildman–Crippen LogP) is 1.79. The Morgan fingerprint density at radius 3 is 2.37 bits per heavy atom. The quantitative estimate of drug-likeness (QED) is 0.668. The number of nitro groups is 1. The van der Waals surface area contributed by atoms with Gasteiger partial charge in [-0.3, -0.25) is 10.1 Å². The normalized spacial score (nSPS) is 10.5. The molecule has 1 N–H and O–H groups in total. The van der Waals surface area contributed by atoms with Crippen molar-refractivity contribution in [3.8, 4) is 0 Å². The zero-order valence-electron chi connectivity index (χ0n) is 11.1. The highest BCUT2D eigenvalue weighted by Crippen LogP contribution is 2.29. The largest absolute Gasteiger partial charge is 0.334 e. The minimum atomic E-state index is -0.465. The fourth-order valence-corrected chi connectivity index (χ4v) is 1.89. The van der Waals surface area contributed by atoms with Gasteiger partial charge in [0.2, 0.25) is 11.8 Å². The van der Waals surface area contributed by atoms with E-state index in [0.717, 1.165) is 11.4 Å². The summed E-state index contributed by atoms with van der Waals surface area (Å²) in [6, 6.07) is 1.83. The van der Waals surface area contributed by atoms with Crippen molar-refractivity contribution in [2.24, 2.45) is 7.05 Å². The van der Waals surface area contributed by atoms with Crippen molar-refractivity contribution in [3.63, 3.8) is 0 Å². The summed E-state index contributed by atoms with van der Waals surface area (Å²) in [5, 5.41) is 17.9. The third-order valence-electron chi connectivity index (χ3n) is 2.59. The second-order valence-electron chi connectivity index (χ2n) is 4.26. The minimum absolute atomic E-state index is 0.0646. The number of aryl methyl sites for hydroxylation is 4. The summed E-state index contributed by atoms with van der Waals surface area (Å²) in [7, 11) is 1.63. The number of hydrogen-bond donors (Lipinski definition) is 1. The Hall–Kier alpha value is -2.51. The molecule has 0 aliphatic rings. The van der Waals surface area contributed by atoms with Crippen LogP contribution in [-0.2, 0) is 7.05 Å². The van der Waals surface area contributed by atoms with Gasteiger partial charge in [-0.1, -0.05) is 0 Å². The number of nitrogens with one attached hydrogen (secondary N) is 1. The SMILES string of the molecule is Cc1cc(C)nc(Nc2c([N+](=O)[O-])c(C)nn2C)n1. The van der Waals surface area contributed by atoms with Gasteiger partial charge in [-0.15, -0.1) is 0 Å². The van der Waals surface area contributed by atoms with Gasteiger partial charge in [-0.05, 0) is 26.8 Å². The zero-order valence-corrected chi connectivity index (χ0v) is 11.1. The number of hydrogen-bond acceptors (Lipinski definition) is 6. The van der Waals surface area contributed by atoms with E-state index < -0.39 is 4.92 Å². The molecule has 8 heteroatoms. The molecule has 0 unspecified atom stereocenters. The molecule has 0 spiro atoms. The highest BCUT2D eigenvalue weighted by Gasteiger charge is 2.24. The molecule has 0 radical (unpaired) electrons. The minimum Gasteiger partial charge on any atom is -0.303 e. The summed E-state index contributed by atoms with van der Waals surface area (Å²) in [6.45, 7) is 5.26. The first-order valence-electron chi connectivity index (χ1n) is 5.65. The van der Waals surface area contributed by atoms with Gasteiger partial charge in [-0.2, -0.15) is 5.10 Å². The molecule has 0 atom stereocenters. The van der Waals surface area contributed by atoms with Gasteiger partial charge in [0.05, 0.1) is 4.92 Å². The Balaban J connectivity index is 2.46.